The zero-order valence-electron chi connectivity index (χ0n) is 17.2. The molecule has 2 atom stereocenters. The molecule has 5 nitrogen and oxygen atoms in total. The van der Waals surface area contributed by atoms with Crippen molar-refractivity contribution in [1.29, 1.82) is 0 Å². The van der Waals surface area contributed by atoms with Gasteiger partial charge in [-0.05, 0) is 43.0 Å². The quantitative estimate of drug-likeness (QED) is 0.601. The standard InChI is InChI=1S/C23H25NO4/c1-3-27-21(25)23(22(26)28-4-2)15-17-10-6-8-12-19(17)24-14-13-16-9-5-7-11-18(16)20(23)24/h5-12,20H,3-4,13-15H2,1-2H3/t20-/m0/s1/i15D/t15-,20+/m1. The Morgan fingerprint density at radius 2 is 1.64 bits per heavy atom. The van der Waals surface area contributed by atoms with Gasteiger partial charge in [-0.3, -0.25) is 9.59 Å². The molecule has 0 fully saturated rings. The SMILES string of the molecule is [2H][C@@H]1c2ccccc2N2CCc3ccccc3[C@H]2C1(C(=O)OCC)C(=O)OCC. The Morgan fingerprint density at radius 1 is 1.04 bits per heavy atom. The van der Waals surface area contributed by atoms with E-state index in [4.69, 9.17) is 10.8 Å². The molecule has 0 spiro atoms. The minimum Gasteiger partial charge on any atom is -0.465 e. The Morgan fingerprint density at radius 3 is 2.32 bits per heavy atom. The molecule has 4 rings (SSSR count). The van der Waals surface area contributed by atoms with Crippen molar-refractivity contribution in [1.82, 2.24) is 0 Å². The summed E-state index contributed by atoms with van der Waals surface area (Å²) < 4.78 is 19.9. The molecule has 0 aromatic heterocycles. The van der Waals surface area contributed by atoms with Gasteiger partial charge in [0.2, 0.25) is 0 Å². The van der Waals surface area contributed by atoms with Gasteiger partial charge in [0.05, 0.1) is 19.3 Å². The summed E-state index contributed by atoms with van der Waals surface area (Å²) in [5.74, 6) is -1.39. The molecule has 0 saturated carbocycles. The number of anilines is 1. The van der Waals surface area contributed by atoms with E-state index < -0.39 is 29.8 Å². The number of fused-ring (bicyclic) bond motifs is 5. The summed E-state index contributed by atoms with van der Waals surface area (Å²) in [6.45, 7) is 4.32. The fourth-order valence-corrected chi connectivity index (χ4v) is 4.44. The van der Waals surface area contributed by atoms with Crippen LogP contribution in [0.2, 0.25) is 0 Å². The smallest absolute Gasteiger partial charge is 0.326 e. The normalized spacial score (nSPS) is 22.2. The van der Waals surface area contributed by atoms with Crippen LogP contribution < -0.4 is 4.90 Å². The van der Waals surface area contributed by atoms with Gasteiger partial charge in [0, 0.05) is 20.0 Å². The average molecular weight is 380 g/mol. The Labute approximate surface area is 166 Å². The number of ether oxygens (including phenoxy) is 2. The Balaban J connectivity index is 2.03. The summed E-state index contributed by atoms with van der Waals surface area (Å²) in [6, 6.07) is 14.7. The molecule has 0 aliphatic carbocycles. The number of para-hydroxylation sites is 1. The summed E-state index contributed by atoms with van der Waals surface area (Å²) in [5.41, 5.74) is 1.70. The molecule has 2 aliphatic rings. The van der Waals surface area contributed by atoms with E-state index in [1.54, 1.807) is 13.8 Å². The summed E-state index contributed by atoms with van der Waals surface area (Å²) in [6.07, 6.45) is -0.338. The first kappa shape index (κ1) is 17.3. The lowest BCUT2D eigenvalue weighted by Gasteiger charge is -2.51. The van der Waals surface area contributed by atoms with E-state index in [1.165, 1.54) is 0 Å². The van der Waals surface area contributed by atoms with Crippen molar-refractivity contribution in [2.24, 2.45) is 5.41 Å². The molecule has 0 amide bonds. The summed E-state index contributed by atoms with van der Waals surface area (Å²) >= 11 is 0. The lowest BCUT2D eigenvalue weighted by molar-refractivity contribution is -0.175. The van der Waals surface area contributed by atoms with Gasteiger partial charge >= 0.3 is 11.9 Å². The molecule has 0 saturated heterocycles. The third-order valence-electron chi connectivity index (χ3n) is 5.57. The molecule has 0 radical (unpaired) electrons. The van der Waals surface area contributed by atoms with E-state index in [0.717, 1.165) is 23.2 Å². The molecule has 28 heavy (non-hydrogen) atoms. The largest absolute Gasteiger partial charge is 0.465 e. The Bertz CT molecular complexity index is 926. The average Bonchev–Trinajstić information content (AvgIpc) is 2.74. The third-order valence-corrected chi connectivity index (χ3v) is 5.57. The molecule has 2 heterocycles. The monoisotopic (exact) mass is 380 g/mol. The van der Waals surface area contributed by atoms with Gasteiger partial charge in [0.25, 0.3) is 0 Å². The summed E-state index contributed by atoms with van der Waals surface area (Å²) in [4.78, 5) is 29.0. The highest BCUT2D eigenvalue weighted by Gasteiger charge is 2.61. The molecule has 2 aromatic carbocycles. The van der Waals surface area contributed by atoms with Gasteiger partial charge in [-0.25, -0.2) is 0 Å². The van der Waals surface area contributed by atoms with Crippen LogP contribution in [-0.2, 0) is 31.9 Å². The van der Waals surface area contributed by atoms with E-state index in [9.17, 15) is 9.59 Å². The minimum atomic E-state index is -1.79. The highest BCUT2D eigenvalue weighted by molar-refractivity contribution is 6.03. The van der Waals surface area contributed by atoms with Gasteiger partial charge in [-0.2, -0.15) is 0 Å². The number of hydrogen-bond donors (Lipinski definition) is 0. The predicted molar refractivity (Wildman–Crippen MR) is 106 cm³/mol. The fraction of sp³-hybridized carbons (Fsp3) is 0.391. The van der Waals surface area contributed by atoms with Gasteiger partial charge in [0.15, 0.2) is 5.41 Å². The zero-order chi connectivity index (χ0) is 20.6. The number of carbonyl (C=O) groups excluding carboxylic acids is 2. The van der Waals surface area contributed by atoms with E-state index >= 15 is 0 Å². The Hall–Kier alpha value is -2.82. The van der Waals surface area contributed by atoms with Crippen molar-refractivity contribution in [3.8, 4) is 0 Å². The second kappa shape index (κ2) is 7.30. The lowest BCUT2D eigenvalue weighted by atomic mass is 9.66. The van der Waals surface area contributed by atoms with Crippen LogP contribution >= 0.6 is 0 Å². The van der Waals surface area contributed by atoms with Crippen LogP contribution in [0, 0.1) is 5.41 Å². The second-order valence-electron chi connectivity index (χ2n) is 7.06. The number of carbonyl (C=O) groups is 2. The van der Waals surface area contributed by atoms with Crippen molar-refractivity contribution in [2.45, 2.75) is 32.7 Å². The zero-order valence-corrected chi connectivity index (χ0v) is 16.2. The lowest BCUT2D eigenvalue weighted by Crippen LogP contribution is -2.58. The molecule has 0 N–H and O–H groups in total. The van der Waals surface area contributed by atoms with E-state index in [2.05, 4.69) is 4.90 Å². The molecule has 0 bridgehead atoms. The maximum Gasteiger partial charge on any atom is 0.326 e. The summed E-state index contributed by atoms with van der Waals surface area (Å²) in [5, 5.41) is 0. The van der Waals surface area contributed by atoms with Crippen LogP contribution in [0.1, 0.15) is 38.0 Å². The number of esters is 2. The number of hydrogen-bond acceptors (Lipinski definition) is 5. The van der Waals surface area contributed by atoms with Gasteiger partial charge < -0.3 is 14.4 Å². The molecule has 5 heteroatoms. The maximum absolute atomic E-state index is 13.5. The first-order chi connectivity index (χ1) is 14.1. The van der Waals surface area contributed by atoms with E-state index in [1.807, 2.05) is 48.5 Å². The maximum atomic E-state index is 13.5. The van der Waals surface area contributed by atoms with Gasteiger partial charge in [-0.1, -0.05) is 42.5 Å². The first-order valence-corrected chi connectivity index (χ1v) is 9.77. The molecular formula is C23H25NO4. The molecule has 2 aromatic rings. The summed E-state index contributed by atoms with van der Waals surface area (Å²) in [7, 11) is 0. The molecule has 2 aliphatic heterocycles. The number of nitrogens with zero attached hydrogens (tertiary/aromatic N) is 1. The van der Waals surface area contributed by atoms with E-state index in [-0.39, 0.29) is 13.2 Å². The molecular weight excluding hydrogens is 354 g/mol. The second-order valence-corrected chi connectivity index (χ2v) is 7.06. The number of rotatable bonds is 4. The first-order valence-electron chi connectivity index (χ1n) is 10.3. The van der Waals surface area contributed by atoms with Crippen LogP contribution in [0.3, 0.4) is 0 Å². The van der Waals surface area contributed by atoms with Crippen molar-refractivity contribution < 1.29 is 20.4 Å². The highest BCUT2D eigenvalue weighted by atomic mass is 16.6. The van der Waals surface area contributed by atoms with Crippen LogP contribution in [0.15, 0.2) is 48.5 Å². The van der Waals surface area contributed by atoms with E-state index in [0.29, 0.717) is 12.1 Å². The van der Waals surface area contributed by atoms with Crippen molar-refractivity contribution in [3.63, 3.8) is 0 Å². The number of benzene rings is 2. The molecule has 0 unspecified atom stereocenters. The minimum absolute atomic E-state index is 0.128. The van der Waals surface area contributed by atoms with Crippen LogP contribution in [-0.4, -0.2) is 31.7 Å². The van der Waals surface area contributed by atoms with Crippen LogP contribution in [0.5, 0.6) is 0 Å². The third kappa shape index (κ3) is 2.68. The van der Waals surface area contributed by atoms with Crippen molar-refractivity contribution >= 4 is 17.6 Å². The van der Waals surface area contributed by atoms with Crippen LogP contribution in [0.4, 0.5) is 5.69 Å². The fourth-order valence-electron chi connectivity index (χ4n) is 4.44. The van der Waals surface area contributed by atoms with Crippen molar-refractivity contribution in [2.75, 3.05) is 24.7 Å². The molecule has 146 valence electrons. The van der Waals surface area contributed by atoms with Crippen LogP contribution in [0.25, 0.3) is 0 Å². The topological polar surface area (TPSA) is 55.8 Å². The Kier molecular flexibility index (Phi) is 4.51. The van der Waals surface area contributed by atoms with Crippen molar-refractivity contribution in [3.05, 3.63) is 65.2 Å². The van der Waals surface area contributed by atoms with Gasteiger partial charge in [0.1, 0.15) is 0 Å². The predicted octanol–water partition coefficient (Wildman–Crippen LogP) is 3.46. The highest BCUT2D eigenvalue weighted by Crippen LogP contribution is 2.53. The van der Waals surface area contributed by atoms with Gasteiger partial charge in [-0.15, -0.1) is 0 Å².